The van der Waals surface area contributed by atoms with Crippen LogP contribution in [0, 0.1) is 0 Å². The Morgan fingerprint density at radius 2 is 1.76 bits per heavy atom. The minimum atomic E-state index is -0.234. The van der Waals surface area contributed by atoms with Crippen LogP contribution in [0.3, 0.4) is 0 Å². The van der Waals surface area contributed by atoms with E-state index in [1.54, 1.807) is 6.07 Å². The van der Waals surface area contributed by atoms with E-state index in [1.807, 2.05) is 60.7 Å². The van der Waals surface area contributed by atoms with E-state index in [9.17, 15) is 4.79 Å². The lowest BCUT2D eigenvalue weighted by atomic mass is 10.1. The Bertz CT molecular complexity index is 1180. The van der Waals surface area contributed by atoms with Crippen LogP contribution in [0.2, 0.25) is 0 Å². The van der Waals surface area contributed by atoms with Crippen molar-refractivity contribution in [1.82, 2.24) is 5.32 Å². The summed E-state index contributed by atoms with van der Waals surface area (Å²) in [5.74, 6) is 1.81. The number of furan rings is 1. The molecule has 0 fully saturated rings. The number of amides is 1. The fraction of sp³-hybridized carbons (Fsp3) is 0.174. The number of benzene rings is 3. The number of carbonyl (C=O) groups excluding carboxylic acids is 1. The van der Waals surface area contributed by atoms with Gasteiger partial charge in [0.1, 0.15) is 29.6 Å². The van der Waals surface area contributed by atoms with E-state index in [4.69, 9.17) is 18.6 Å². The lowest BCUT2D eigenvalue weighted by molar-refractivity contribution is -0.123. The van der Waals surface area contributed by atoms with Gasteiger partial charge in [-0.3, -0.25) is 4.79 Å². The predicted molar refractivity (Wildman–Crippen MR) is 109 cm³/mol. The Balaban J connectivity index is 1.17. The first kappa shape index (κ1) is 17.4. The quantitative estimate of drug-likeness (QED) is 0.560. The minimum Gasteiger partial charge on any atom is -0.486 e. The van der Waals surface area contributed by atoms with Gasteiger partial charge in [-0.15, -0.1) is 0 Å². The molecule has 29 heavy (non-hydrogen) atoms. The van der Waals surface area contributed by atoms with E-state index in [1.165, 1.54) is 0 Å². The number of para-hydroxylation sites is 3. The third kappa shape index (κ3) is 3.57. The zero-order chi connectivity index (χ0) is 19.6. The highest BCUT2D eigenvalue weighted by molar-refractivity contribution is 6.05. The maximum atomic E-state index is 12.2. The first-order chi connectivity index (χ1) is 14.3. The molecule has 1 N–H and O–H groups in total. The normalized spacial score (nSPS) is 15.4. The van der Waals surface area contributed by atoms with E-state index in [0.29, 0.717) is 24.7 Å². The van der Waals surface area contributed by atoms with Crippen molar-refractivity contribution >= 4 is 27.8 Å². The molecule has 1 amide bonds. The van der Waals surface area contributed by atoms with Gasteiger partial charge in [0.2, 0.25) is 0 Å². The molecule has 146 valence electrons. The predicted octanol–water partition coefficient (Wildman–Crippen LogP) is 3.92. The molecule has 0 bridgehead atoms. The van der Waals surface area contributed by atoms with Crippen molar-refractivity contribution in [2.24, 2.45) is 0 Å². The number of ether oxygens (including phenoxy) is 3. The Morgan fingerprint density at radius 3 is 2.69 bits per heavy atom. The number of rotatable bonds is 5. The van der Waals surface area contributed by atoms with E-state index >= 15 is 0 Å². The van der Waals surface area contributed by atoms with Crippen molar-refractivity contribution in [1.29, 1.82) is 0 Å². The maximum absolute atomic E-state index is 12.2. The molecule has 0 aliphatic carbocycles. The zero-order valence-corrected chi connectivity index (χ0v) is 15.6. The van der Waals surface area contributed by atoms with Gasteiger partial charge in [0.05, 0.1) is 6.54 Å². The van der Waals surface area contributed by atoms with E-state index < -0.39 is 0 Å². The largest absolute Gasteiger partial charge is 0.486 e. The lowest BCUT2D eigenvalue weighted by Crippen LogP contribution is -2.42. The van der Waals surface area contributed by atoms with Crippen LogP contribution >= 0.6 is 0 Å². The average Bonchev–Trinajstić information content (AvgIpc) is 3.14. The Hall–Kier alpha value is -3.67. The highest BCUT2D eigenvalue weighted by Crippen LogP contribution is 2.32. The van der Waals surface area contributed by atoms with Crippen LogP contribution in [-0.4, -0.2) is 31.8 Å². The summed E-state index contributed by atoms with van der Waals surface area (Å²) in [5, 5.41) is 4.81. The van der Waals surface area contributed by atoms with Gasteiger partial charge in [-0.05, 0) is 36.4 Å². The van der Waals surface area contributed by atoms with Gasteiger partial charge in [0.25, 0.3) is 5.91 Å². The first-order valence-corrected chi connectivity index (χ1v) is 9.45. The molecular weight excluding hydrogens is 370 g/mol. The molecule has 1 aliphatic heterocycles. The molecule has 3 aromatic carbocycles. The second-order valence-corrected chi connectivity index (χ2v) is 6.85. The van der Waals surface area contributed by atoms with Crippen molar-refractivity contribution in [2.75, 3.05) is 19.8 Å². The van der Waals surface area contributed by atoms with Crippen molar-refractivity contribution < 1.29 is 23.4 Å². The van der Waals surface area contributed by atoms with Crippen LogP contribution in [-0.2, 0) is 4.79 Å². The van der Waals surface area contributed by atoms with Gasteiger partial charge < -0.3 is 23.9 Å². The smallest absolute Gasteiger partial charge is 0.258 e. The van der Waals surface area contributed by atoms with Gasteiger partial charge in [-0.25, -0.2) is 0 Å². The summed E-state index contributed by atoms with van der Waals surface area (Å²) in [7, 11) is 0. The molecule has 1 aromatic heterocycles. The molecule has 6 nitrogen and oxygen atoms in total. The van der Waals surface area contributed by atoms with Crippen LogP contribution in [0.25, 0.3) is 21.9 Å². The summed E-state index contributed by atoms with van der Waals surface area (Å²) in [6, 6.07) is 20.9. The summed E-state index contributed by atoms with van der Waals surface area (Å²) in [5.41, 5.74) is 1.62. The summed E-state index contributed by atoms with van der Waals surface area (Å²) >= 11 is 0. The van der Waals surface area contributed by atoms with Crippen LogP contribution in [0.4, 0.5) is 0 Å². The van der Waals surface area contributed by atoms with Crippen LogP contribution in [0.1, 0.15) is 0 Å². The number of hydrogen-bond acceptors (Lipinski definition) is 5. The molecule has 5 rings (SSSR count). The number of nitrogens with one attached hydrogen (secondary N) is 1. The summed E-state index contributed by atoms with van der Waals surface area (Å²) in [4.78, 5) is 12.2. The first-order valence-electron chi connectivity index (χ1n) is 9.45. The summed E-state index contributed by atoms with van der Waals surface area (Å²) in [6.45, 7) is 0.662. The highest BCUT2D eigenvalue weighted by atomic mass is 16.6. The molecule has 0 spiro atoms. The minimum absolute atomic E-state index is 0.0779. The zero-order valence-electron chi connectivity index (χ0n) is 15.6. The number of hydrogen-bond donors (Lipinski definition) is 1. The van der Waals surface area contributed by atoms with Gasteiger partial charge in [0, 0.05) is 10.8 Å². The average molecular weight is 389 g/mol. The summed E-state index contributed by atoms with van der Waals surface area (Å²) in [6.07, 6.45) is -0.234. The van der Waals surface area contributed by atoms with Gasteiger partial charge >= 0.3 is 0 Å². The number of fused-ring (bicyclic) bond motifs is 4. The number of carbonyl (C=O) groups is 1. The lowest BCUT2D eigenvalue weighted by Gasteiger charge is -2.26. The fourth-order valence-electron chi connectivity index (χ4n) is 3.39. The van der Waals surface area contributed by atoms with Crippen LogP contribution in [0.15, 0.2) is 71.1 Å². The molecule has 2 heterocycles. The Kier molecular flexibility index (Phi) is 4.44. The van der Waals surface area contributed by atoms with Crippen molar-refractivity contribution in [3.8, 4) is 17.2 Å². The second kappa shape index (κ2) is 7.39. The molecule has 0 radical (unpaired) electrons. The van der Waals surface area contributed by atoms with Gasteiger partial charge in [-0.1, -0.05) is 30.3 Å². The van der Waals surface area contributed by atoms with E-state index in [0.717, 1.165) is 27.7 Å². The third-order valence-corrected chi connectivity index (χ3v) is 4.81. The standard InChI is InChI=1S/C23H19NO5/c25-23(24-12-16-13-27-21-7-3-4-8-22(21)28-16)14-26-15-9-10-20-18(11-15)17-5-1-2-6-19(17)29-20/h1-11,16H,12-14H2,(H,24,25)/t16-/m1/s1. The molecule has 6 heteroatoms. The molecule has 1 aliphatic rings. The van der Waals surface area contributed by atoms with Gasteiger partial charge in [-0.2, -0.15) is 0 Å². The Labute approximate surface area is 167 Å². The topological polar surface area (TPSA) is 69.9 Å². The van der Waals surface area contributed by atoms with Crippen LogP contribution in [0.5, 0.6) is 17.2 Å². The van der Waals surface area contributed by atoms with Gasteiger partial charge in [0.15, 0.2) is 18.1 Å². The highest BCUT2D eigenvalue weighted by Gasteiger charge is 2.21. The van der Waals surface area contributed by atoms with Crippen molar-refractivity contribution in [3.05, 3.63) is 66.7 Å². The monoisotopic (exact) mass is 389 g/mol. The second-order valence-electron chi connectivity index (χ2n) is 6.85. The SMILES string of the molecule is O=C(COc1ccc2oc3ccccc3c2c1)NC[C@@H]1COc2ccccc2O1. The van der Waals surface area contributed by atoms with E-state index in [-0.39, 0.29) is 18.6 Å². The van der Waals surface area contributed by atoms with E-state index in [2.05, 4.69) is 5.32 Å². The third-order valence-electron chi connectivity index (χ3n) is 4.81. The molecular formula is C23H19NO5. The van der Waals surface area contributed by atoms with Crippen LogP contribution < -0.4 is 19.5 Å². The molecule has 0 unspecified atom stereocenters. The fourth-order valence-corrected chi connectivity index (χ4v) is 3.39. The van der Waals surface area contributed by atoms with Crippen molar-refractivity contribution in [3.63, 3.8) is 0 Å². The molecule has 0 saturated heterocycles. The summed E-state index contributed by atoms with van der Waals surface area (Å²) < 4.78 is 23.0. The van der Waals surface area contributed by atoms with Crippen molar-refractivity contribution in [2.45, 2.75) is 6.10 Å². The molecule has 4 aromatic rings. The molecule has 1 atom stereocenters. The maximum Gasteiger partial charge on any atom is 0.258 e. The molecule has 0 saturated carbocycles. The Morgan fingerprint density at radius 1 is 0.966 bits per heavy atom.